The van der Waals surface area contributed by atoms with E-state index in [-0.39, 0.29) is 6.54 Å². The van der Waals surface area contributed by atoms with Gasteiger partial charge >= 0.3 is 0 Å². The van der Waals surface area contributed by atoms with Crippen LogP contribution < -0.4 is 5.73 Å². The van der Waals surface area contributed by atoms with Gasteiger partial charge in [0.25, 0.3) is 0 Å². The van der Waals surface area contributed by atoms with Crippen LogP contribution in [0.2, 0.25) is 0 Å². The number of nitrogens with two attached hydrogens (primary N) is 1. The molecule has 1 aromatic heterocycles. The van der Waals surface area contributed by atoms with Crippen LogP contribution in [0.5, 0.6) is 0 Å². The molecule has 1 heterocycles. The summed E-state index contributed by atoms with van der Waals surface area (Å²) in [6, 6.07) is 7.50. The number of likely N-dealkylation sites (N-methyl/N-ethyl adjacent to an activating group) is 1. The van der Waals surface area contributed by atoms with Gasteiger partial charge in [-0.25, -0.2) is 8.42 Å². The minimum absolute atomic E-state index is 0.218. The number of hydrogen-bond donors (Lipinski definition) is 1. The van der Waals surface area contributed by atoms with Crippen molar-refractivity contribution in [2.24, 2.45) is 5.73 Å². The quantitative estimate of drug-likeness (QED) is 0.844. The number of nitrogens with zero attached hydrogens (tertiary/aromatic N) is 1. The summed E-state index contributed by atoms with van der Waals surface area (Å²) in [6.07, 6.45) is 0. The molecule has 0 fully saturated rings. The van der Waals surface area contributed by atoms with Gasteiger partial charge in [0.15, 0.2) is 0 Å². The highest BCUT2D eigenvalue weighted by atomic mass is 32.2. The molecule has 0 aliphatic heterocycles. The van der Waals surface area contributed by atoms with Gasteiger partial charge < -0.3 is 10.5 Å². The Balaban J connectivity index is 2.57. The predicted octanol–water partition coefficient (Wildman–Crippen LogP) is 2.02. The Morgan fingerprint density at radius 1 is 1.33 bits per heavy atom. The van der Waals surface area contributed by atoms with Gasteiger partial charge in [-0.05, 0) is 6.07 Å². The Hall–Kier alpha value is -0.990. The third-order valence-electron chi connectivity index (χ3n) is 3.30. The lowest BCUT2D eigenvalue weighted by molar-refractivity contribution is 0.180. The standard InChI is InChI=1S/C14H20N2O3S2/c1-3-16(8-9-19-2)21(17,18)14-11-6-4-5-7-12(11)20-13(14)10-15/h4-7H,3,8-10,15H2,1-2H3. The molecule has 1 aromatic carbocycles. The van der Waals surface area contributed by atoms with Crippen molar-refractivity contribution >= 4 is 31.4 Å². The van der Waals surface area contributed by atoms with E-state index in [0.717, 1.165) is 10.1 Å². The van der Waals surface area contributed by atoms with Gasteiger partial charge in [-0.2, -0.15) is 4.31 Å². The van der Waals surface area contributed by atoms with Crippen molar-refractivity contribution in [1.82, 2.24) is 4.31 Å². The van der Waals surface area contributed by atoms with E-state index in [9.17, 15) is 8.42 Å². The van der Waals surface area contributed by atoms with Crippen molar-refractivity contribution in [3.05, 3.63) is 29.1 Å². The first-order valence-electron chi connectivity index (χ1n) is 6.75. The number of hydrogen-bond acceptors (Lipinski definition) is 5. The second-order valence-electron chi connectivity index (χ2n) is 4.54. The topological polar surface area (TPSA) is 72.6 Å². The summed E-state index contributed by atoms with van der Waals surface area (Å²) >= 11 is 1.44. The first-order chi connectivity index (χ1) is 10.1. The Labute approximate surface area is 129 Å². The minimum atomic E-state index is -3.57. The molecule has 21 heavy (non-hydrogen) atoms. The van der Waals surface area contributed by atoms with Gasteiger partial charge in [-0.3, -0.25) is 0 Å². The Kier molecular flexibility index (Phi) is 5.34. The Morgan fingerprint density at radius 2 is 2.05 bits per heavy atom. The fourth-order valence-electron chi connectivity index (χ4n) is 2.26. The number of sulfonamides is 1. The van der Waals surface area contributed by atoms with E-state index in [1.807, 2.05) is 31.2 Å². The van der Waals surface area contributed by atoms with Gasteiger partial charge in [0.2, 0.25) is 10.0 Å². The van der Waals surface area contributed by atoms with E-state index in [0.29, 0.717) is 29.5 Å². The van der Waals surface area contributed by atoms with Gasteiger partial charge in [0, 0.05) is 41.7 Å². The normalized spacial score (nSPS) is 12.4. The molecule has 0 bridgehead atoms. The molecule has 2 aromatic rings. The average molecular weight is 328 g/mol. The molecule has 0 spiro atoms. The van der Waals surface area contributed by atoms with Gasteiger partial charge in [0.05, 0.1) is 6.61 Å². The maximum absolute atomic E-state index is 12.9. The second-order valence-corrected chi connectivity index (χ2v) is 7.56. The predicted molar refractivity (Wildman–Crippen MR) is 86.0 cm³/mol. The van der Waals surface area contributed by atoms with E-state index < -0.39 is 10.0 Å². The number of benzene rings is 1. The summed E-state index contributed by atoms with van der Waals surface area (Å²) in [4.78, 5) is 1.05. The molecule has 0 radical (unpaired) electrons. The third-order valence-corrected chi connectivity index (χ3v) is 6.72. The highest BCUT2D eigenvalue weighted by molar-refractivity contribution is 7.89. The van der Waals surface area contributed by atoms with Crippen molar-refractivity contribution in [1.29, 1.82) is 0 Å². The molecular weight excluding hydrogens is 308 g/mol. The van der Waals surface area contributed by atoms with Crippen LogP contribution in [0.4, 0.5) is 0 Å². The number of methoxy groups -OCH3 is 1. The molecule has 0 aliphatic rings. The maximum Gasteiger partial charge on any atom is 0.244 e. The zero-order valence-electron chi connectivity index (χ0n) is 12.2. The van der Waals surface area contributed by atoms with Crippen LogP contribution in [0.25, 0.3) is 10.1 Å². The van der Waals surface area contributed by atoms with Crippen LogP contribution in [-0.2, 0) is 21.3 Å². The van der Waals surface area contributed by atoms with Crippen molar-refractivity contribution in [2.75, 3.05) is 26.8 Å². The molecular formula is C14H20N2O3S2. The molecule has 0 aliphatic carbocycles. The third kappa shape index (κ3) is 3.12. The van der Waals surface area contributed by atoms with Crippen LogP contribution in [0.1, 0.15) is 11.8 Å². The van der Waals surface area contributed by atoms with Gasteiger partial charge in [0.1, 0.15) is 4.90 Å². The molecule has 116 valence electrons. The van der Waals surface area contributed by atoms with Crippen LogP contribution in [-0.4, -0.2) is 39.5 Å². The van der Waals surface area contributed by atoms with E-state index in [1.54, 1.807) is 7.11 Å². The molecule has 0 amide bonds. The lowest BCUT2D eigenvalue weighted by Gasteiger charge is -2.20. The first kappa shape index (κ1) is 16.4. The molecule has 0 atom stereocenters. The number of rotatable bonds is 7. The molecule has 5 nitrogen and oxygen atoms in total. The summed E-state index contributed by atoms with van der Waals surface area (Å²) in [5.74, 6) is 0. The fourth-order valence-corrected chi connectivity index (χ4v) is 5.48. The average Bonchev–Trinajstić information content (AvgIpc) is 2.87. The largest absolute Gasteiger partial charge is 0.383 e. The maximum atomic E-state index is 12.9. The van der Waals surface area contributed by atoms with Crippen LogP contribution in [0.3, 0.4) is 0 Å². The lowest BCUT2D eigenvalue weighted by Crippen LogP contribution is -2.34. The van der Waals surface area contributed by atoms with E-state index in [4.69, 9.17) is 10.5 Å². The van der Waals surface area contributed by atoms with Crippen LogP contribution >= 0.6 is 11.3 Å². The Morgan fingerprint density at radius 3 is 2.67 bits per heavy atom. The van der Waals surface area contributed by atoms with Crippen molar-refractivity contribution < 1.29 is 13.2 Å². The molecule has 2 rings (SSSR count). The molecule has 2 N–H and O–H groups in total. The number of ether oxygens (including phenoxy) is 1. The van der Waals surface area contributed by atoms with Crippen LogP contribution in [0.15, 0.2) is 29.2 Å². The monoisotopic (exact) mass is 328 g/mol. The number of thiophene rings is 1. The molecule has 7 heteroatoms. The minimum Gasteiger partial charge on any atom is -0.383 e. The SMILES string of the molecule is CCN(CCOC)S(=O)(=O)c1c(CN)sc2ccccc12. The summed E-state index contributed by atoms with van der Waals surface area (Å²) in [6.45, 7) is 3.15. The smallest absolute Gasteiger partial charge is 0.244 e. The summed E-state index contributed by atoms with van der Waals surface area (Å²) in [7, 11) is -2.00. The highest BCUT2D eigenvalue weighted by Crippen LogP contribution is 2.35. The Bertz CT molecular complexity index is 710. The molecule has 0 saturated carbocycles. The van der Waals surface area contributed by atoms with Crippen LogP contribution in [0, 0.1) is 0 Å². The van der Waals surface area contributed by atoms with E-state index in [1.165, 1.54) is 15.6 Å². The van der Waals surface area contributed by atoms with Crippen molar-refractivity contribution in [3.8, 4) is 0 Å². The van der Waals surface area contributed by atoms with E-state index >= 15 is 0 Å². The van der Waals surface area contributed by atoms with E-state index in [2.05, 4.69) is 0 Å². The summed E-state index contributed by atoms with van der Waals surface area (Å²) in [5, 5.41) is 0.749. The van der Waals surface area contributed by atoms with Crippen molar-refractivity contribution in [3.63, 3.8) is 0 Å². The highest BCUT2D eigenvalue weighted by Gasteiger charge is 2.29. The zero-order valence-corrected chi connectivity index (χ0v) is 13.8. The zero-order chi connectivity index (χ0) is 15.5. The number of fused-ring (bicyclic) bond motifs is 1. The first-order valence-corrected chi connectivity index (χ1v) is 9.01. The molecule has 0 unspecified atom stereocenters. The lowest BCUT2D eigenvalue weighted by atomic mass is 10.2. The van der Waals surface area contributed by atoms with Gasteiger partial charge in [-0.1, -0.05) is 25.1 Å². The summed E-state index contributed by atoms with van der Waals surface area (Å²) in [5.41, 5.74) is 5.76. The fraction of sp³-hybridized carbons (Fsp3) is 0.429. The van der Waals surface area contributed by atoms with Crippen molar-refractivity contribution in [2.45, 2.75) is 18.4 Å². The van der Waals surface area contributed by atoms with Gasteiger partial charge in [-0.15, -0.1) is 11.3 Å². The second kappa shape index (κ2) is 6.85. The summed E-state index contributed by atoms with van der Waals surface area (Å²) < 4.78 is 33.3. The molecule has 0 saturated heterocycles.